The van der Waals surface area contributed by atoms with Gasteiger partial charge in [0, 0.05) is 12.1 Å². The second-order valence-electron chi connectivity index (χ2n) is 4.13. The van der Waals surface area contributed by atoms with Crippen LogP contribution in [-0.4, -0.2) is 18.5 Å². The number of halogens is 2. The molecule has 1 aromatic heterocycles. The van der Waals surface area contributed by atoms with Crippen LogP contribution in [0.25, 0.3) is 6.08 Å². The van der Waals surface area contributed by atoms with Crippen LogP contribution >= 0.6 is 0 Å². The lowest BCUT2D eigenvalue weighted by Crippen LogP contribution is -2.20. The van der Waals surface area contributed by atoms with E-state index >= 15 is 0 Å². The summed E-state index contributed by atoms with van der Waals surface area (Å²) in [5.41, 5.74) is -0.200. The third kappa shape index (κ3) is 4.55. The molecule has 22 heavy (non-hydrogen) atoms. The number of hydrogen-bond donors (Lipinski definition) is 1. The van der Waals surface area contributed by atoms with E-state index < -0.39 is 30.1 Å². The molecular formula is C15H11F2NO4. The molecule has 0 saturated heterocycles. The molecule has 5 nitrogen and oxygen atoms in total. The molecule has 0 aliphatic heterocycles. The zero-order valence-electron chi connectivity index (χ0n) is 11.2. The minimum absolute atomic E-state index is 0.200. The predicted molar refractivity (Wildman–Crippen MR) is 73.7 cm³/mol. The zero-order valence-corrected chi connectivity index (χ0v) is 11.2. The highest BCUT2D eigenvalue weighted by Crippen LogP contribution is 2.14. The molecule has 0 unspecified atom stereocenters. The third-order valence-corrected chi connectivity index (χ3v) is 2.48. The number of benzene rings is 1. The fourth-order valence-electron chi connectivity index (χ4n) is 1.50. The highest BCUT2D eigenvalue weighted by atomic mass is 19.1. The fourth-order valence-corrected chi connectivity index (χ4v) is 1.50. The Morgan fingerprint density at radius 3 is 2.77 bits per heavy atom. The van der Waals surface area contributed by atoms with Crippen molar-refractivity contribution in [2.45, 2.75) is 0 Å². The number of amides is 1. The van der Waals surface area contributed by atoms with Gasteiger partial charge in [0.15, 0.2) is 6.61 Å². The largest absolute Gasteiger partial charge is 0.465 e. The Hall–Kier alpha value is -2.96. The quantitative estimate of drug-likeness (QED) is 0.681. The lowest BCUT2D eigenvalue weighted by molar-refractivity contribution is -0.142. The topological polar surface area (TPSA) is 68.5 Å². The van der Waals surface area contributed by atoms with Crippen LogP contribution in [0.15, 0.2) is 47.1 Å². The molecule has 0 radical (unpaired) electrons. The van der Waals surface area contributed by atoms with Crippen molar-refractivity contribution >= 4 is 23.6 Å². The van der Waals surface area contributed by atoms with E-state index in [2.05, 4.69) is 10.1 Å². The molecule has 2 rings (SSSR count). The molecule has 0 saturated carbocycles. The monoisotopic (exact) mass is 307 g/mol. The van der Waals surface area contributed by atoms with Crippen LogP contribution < -0.4 is 5.32 Å². The molecule has 114 valence electrons. The van der Waals surface area contributed by atoms with Gasteiger partial charge in [0.1, 0.15) is 17.4 Å². The van der Waals surface area contributed by atoms with E-state index in [9.17, 15) is 18.4 Å². The second kappa shape index (κ2) is 7.16. The van der Waals surface area contributed by atoms with Crippen molar-refractivity contribution in [2.75, 3.05) is 11.9 Å². The standard InChI is InChI=1S/C15H11F2NO4/c16-10-3-5-13(12(17)8-10)18-14(19)9-22-15(20)6-4-11-2-1-7-21-11/h1-8H,9H2,(H,18,19). The summed E-state index contributed by atoms with van der Waals surface area (Å²) in [6.45, 7) is -0.599. The Balaban J connectivity index is 1.81. The van der Waals surface area contributed by atoms with E-state index in [1.165, 1.54) is 12.3 Å². The molecule has 1 N–H and O–H groups in total. The number of carbonyl (C=O) groups excluding carboxylic acids is 2. The summed E-state index contributed by atoms with van der Waals surface area (Å²) in [6.07, 6.45) is 3.90. The van der Waals surface area contributed by atoms with Crippen molar-refractivity contribution in [1.82, 2.24) is 0 Å². The van der Waals surface area contributed by atoms with E-state index in [0.29, 0.717) is 11.8 Å². The SMILES string of the molecule is O=C(COC(=O)C=Cc1ccco1)Nc1ccc(F)cc1F. The number of hydrogen-bond acceptors (Lipinski definition) is 4. The number of anilines is 1. The first-order chi connectivity index (χ1) is 10.5. The molecule has 2 aromatic rings. The fraction of sp³-hybridized carbons (Fsp3) is 0.0667. The average molecular weight is 307 g/mol. The number of furan rings is 1. The van der Waals surface area contributed by atoms with E-state index in [1.54, 1.807) is 12.1 Å². The maximum absolute atomic E-state index is 13.3. The van der Waals surface area contributed by atoms with E-state index in [-0.39, 0.29) is 5.69 Å². The molecule has 0 bridgehead atoms. The van der Waals surface area contributed by atoms with Crippen molar-refractivity contribution in [3.63, 3.8) is 0 Å². The maximum atomic E-state index is 13.3. The van der Waals surface area contributed by atoms with Crippen LogP contribution in [0.2, 0.25) is 0 Å². The molecule has 0 atom stereocenters. The van der Waals surface area contributed by atoms with Gasteiger partial charge in [0.25, 0.3) is 5.91 Å². The molecule has 0 spiro atoms. The Morgan fingerprint density at radius 1 is 1.27 bits per heavy atom. The molecule has 1 aromatic carbocycles. The lowest BCUT2D eigenvalue weighted by Gasteiger charge is -2.06. The number of carbonyl (C=O) groups is 2. The van der Waals surface area contributed by atoms with Gasteiger partial charge in [-0.25, -0.2) is 13.6 Å². The van der Waals surface area contributed by atoms with Crippen LogP contribution in [-0.2, 0) is 14.3 Å². The van der Waals surface area contributed by atoms with Crippen LogP contribution in [0.4, 0.5) is 14.5 Å². The molecule has 7 heteroatoms. The Kier molecular flexibility index (Phi) is 5.02. The van der Waals surface area contributed by atoms with Gasteiger partial charge in [-0.15, -0.1) is 0 Å². The first-order valence-electron chi connectivity index (χ1n) is 6.18. The summed E-state index contributed by atoms with van der Waals surface area (Å²) in [6, 6.07) is 5.98. The molecular weight excluding hydrogens is 296 g/mol. The first-order valence-corrected chi connectivity index (χ1v) is 6.18. The van der Waals surface area contributed by atoms with Crippen molar-refractivity contribution in [3.05, 3.63) is 60.1 Å². The third-order valence-electron chi connectivity index (χ3n) is 2.48. The van der Waals surface area contributed by atoms with Gasteiger partial charge in [0.2, 0.25) is 0 Å². The van der Waals surface area contributed by atoms with Crippen LogP contribution in [0.1, 0.15) is 5.76 Å². The van der Waals surface area contributed by atoms with Gasteiger partial charge in [0.05, 0.1) is 12.0 Å². The number of nitrogens with one attached hydrogen (secondary N) is 1. The van der Waals surface area contributed by atoms with Crippen molar-refractivity contribution in [3.8, 4) is 0 Å². The van der Waals surface area contributed by atoms with Crippen molar-refractivity contribution in [1.29, 1.82) is 0 Å². The second-order valence-corrected chi connectivity index (χ2v) is 4.13. The predicted octanol–water partition coefficient (Wildman–Crippen LogP) is 2.75. The Labute approximate surface area is 124 Å². The van der Waals surface area contributed by atoms with E-state index in [4.69, 9.17) is 4.42 Å². The number of esters is 1. The van der Waals surface area contributed by atoms with Gasteiger partial charge < -0.3 is 14.5 Å². The van der Waals surface area contributed by atoms with Crippen LogP contribution in [0.3, 0.4) is 0 Å². The molecule has 1 amide bonds. The normalized spacial score (nSPS) is 10.6. The first kappa shape index (κ1) is 15.4. The highest BCUT2D eigenvalue weighted by molar-refractivity contribution is 5.94. The van der Waals surface area contributed by atoms with Crippen LogP contribution in [0, 0.1) is 11.6 Å². The molecule has 0 fully saturated rings. The Morgan fingerprint density at radius 2 is 2.09 bits per heavy atom. The number of ether oxygens (including phenoxy) is 1. The van der Waals surface area contributed by atoms with Gasteiger partial charge in [-0.05, 0) is 30.3 Å². The molecule has 0 aliphatic carbocycles. The minimum atomic E-state index is -0.919. The van der Waals surface area contributed by atoms with E-state index in [0.717, 1.165) is 18.2 Å². The van der Waals surface area contributed by atoms with Crippen molar-refractivity contribution in [2.24, 2.45) is 0 Å². The summed E-state index contributed by atoms with van der Waals surface area (Å²) in [4.78, 5) is 22.8. The van der Waals surface area contributed by atoms with Gasteiger partial charge in [-0.3, -0.25) is 4.79 Å². The molecule has 0 aliphatic rings. The van der Waals surface area contributed by atoms with Gasteiger partial charge in [-0.2, -0.15) is 0 Å². The Bertz CT molecular complexity index is 696. The average Bonchev–Trinajstić information content (AvgIpc) is 2.99. The van der Waals surface area contributed by atoms with Gasteiger partial charge in [-0.1, -0.05) is 0 Å². The minimum Gasteiger partial charge on any atom is -0.465 e. The van der Waals surface area contributed by atoms with Crippen molar-refractivity contribution < 1.29 is 27.5 Å². The summed E-state index contributed by atoms with van der Waals surface area (Å²) in [5, 5.41) is 2.16. The smallest absolute Gasteiger partial charge is 0.331 e. The van der Waals surface area contributed by atoms with Gasteiger partial charge >= 0.3 is 5.97 Å². The van der Waals surface area contributed by atoms with E-state index in [1.807, 2.05) is 0 Å². The summed E-state index contributed by atoms with van der Waals surface area (Å²) in [7, 11) is 0. The van der Waals surface area contributed by atoms with Crippen LogP contribution in [0.5, 0.6) is 0 Å². The highest BCUT2D eigenvalue weighted by Gasteiger charge is 2.09. The maximum Gasteiger partial charge on any atom is 0.331 e. The summed E-state index contributed by atoms with van der Waals surface area (Å²) in [5.74, 6) is -2.73. The summed E-state index contributed by atoms with van der Waals surface area (Å²) >= 11 is 0. The lowest BCUT2D eigenvalue weighted by atomic mass is 10.3. The zero-order chi connectivity index (χ0) is 15.9. The molecule has 1 heterocycles. The summed E-state index contributed by atoms with van der Waals surface area (Å²) < 4.78 is 35.6. The number of rotatable bonds is 5.